The molecule has 0 bridgehead atoms. The van der Waals surface area contributed by atoms with Crippen molar-refractivity contribution < 1.29 is 15.2 Å². The highest BCUT2D eigenvalue weighted by Gasteiger charge is 2.23. The first-order chi connectivity index (χ1) is 12.4. The maximum atomic E-state index is 12.3. The van der Waals surface area contributed by atoms with E-state index < -0.39 is 22.3 Å². The predicted molar refractivity (Wildman–Crippen MR) is 93.8 cm³/mol. The van der Waals surface area contributed by atoms with Gasteiger partial charge in [-0.3, -0.25) is 14.9 Å². The Morgan fingerprint density at radius 1 is 1.27 bits per heavy atom. The largest absolute Gasteiger partial charge is 0.410 e. The Kier molecular flexibility index (Phi) is 4.65. The number of hydrogen-bond acceptors (Lipinski definition) is 7. The summed E-state index contributed by atoms with van der Waals surface area (Å²) in [4.78, 5) is 29.1. The summed E-state index contributed by atoms with van der Waals surface area (Å²) in [6.45, 7) is 0. The molecule has 0 saturated carbocycles. The number of hydrogen-bond donors (Lipinski definition) is 3. The first kappa shape index (κ1) is 17.5. The second-order valence-corrected chi connectivity index (χ2v) is 5.75. The van der Waals surface area contributed by atoms with E-state index in [2.05, 4.69) is 15.1 Å². The minimum atomic E-state index is -1.51. The van der Waals surface area contributed by atoms with Crippen LogP contribution in [0.1, 0.15) is 17.4 Å². The van der Waals surface area contributed by atoms with E-state index in [1.54, 1.807) is 12.1 Å². The number of nitrogens with zero attached hydrogens (tertiary/aromatic N) is 3. The van der Waals surface area contributed by atoms with Gasteiger partial charge in [-0.25, -0.2) is 4.98 Å². The van der Waals surface area contributed by atoms with Gasteiger partial charge in [-0.2, -0.15) is 0 Å². The van der Waals surface area contributed by atoms with E-state index in [-0.39, 0.29) is 16.9 Å². The third-order valence-electron chi connectivity index (χ3n) is 3.68. The molecule has 1 heterocycles. The molecule has 0 aliphatic rings. The number of aromatic amines is 1. The fourth-order valence-corrected chi connectivity index (χ4v) is 2.57. The van der Waals surface area contributed by atoms with Crippen LogP contribution in [0.2, 0.25) is 5.02 Å². The minimum absolute atomic E-state index is 0.165. The molecule has 26 heavy (non-hydrogen) atoms. The molecule has 0 amide bonds. The van der Waals surface area contributed by atoms with E-state index in [1.165, 1.54) is 30.3 Å². The van der Waals surface area contributed by atoms with Gasteiger partial charge in [-0.05, 0) is 35.9 Å². The Morgan fingerprint density at radius 3 is 2.58 bits per heavy atom. The van der Waals surface area contributed by atoms with Crippen LogP contribution in [0.5, 0.6) is 0 Å². The third-order valence-corrected chi connectivity index (χ3v) is 3.92. The molecule has 0 saturated heterocycles. The topological polar surface area (TPSA) is 142 Å². The summed E-state index contributed by atoms with van der Waals surface area (Å²) >= 11 is 5.86. The van der Waals surface area contributed by atoms with Crippen molar-refractivity contribution in [2.75, 3.05) is 0 Å². The molecule has 0 spiro atoms. The van der Waals surface area contributed by atoms with Crippen molar-refractivity contribution >= 4 is 34.0 Å². The third kappa shape index (κ3) is 3.25. The Bertz CT molecular complexity index is 1080. The Balaban J connectivity index is 2.04. The summed E-state index contributed by atoms with van der Waals surface area (Å²) in [7, 11) is 0. The fraction of sp³-hybridized carbons (Fsp3) is 0.0625. The molecule has 0 radical (unpaired) electrons. The Labute approximate surface area is 150 Å². The monoisotopic (exact) mass is 374 g/mol. The van der Waals surface area contributed by atoms with Gasteiger partial charge < -0.3 is 15.3 Å². The molecule has 0 aliphatic carbocycles. The number of benzene rings is 2. The number of aliphatic hydroxyl groups is 1. The molecule has 3 rings (SSSR count). The second-order valence-electron chi connectivity index (χ2n) is 5.31. The first-order valence-electron chi connectivity index (χ1n) is 7.25. The van der Waals surface area contributed by atoms with Gasteiger partial charge >= 0.3 is 0 Å². The fourth-order valence-electron chi connectivity index (χ4n) is 2.40. The molecule has 1 atom stereocenters. The smallest absolute Gasteiger partial charge is 0.276 e. The van der Waals surface area contributed by atoms with Gasteiger partial charge in [0.2, 0.25) is 0 Å². The molecular formula is C16H11ClN4O5. The van der Waals surface area contributed by atoms with Gasteiger partial charge in [-0.15, -0.1) is 0 Å². The van der Waals surface area contributed by atoms with Crippen LogP contribution in [0.25, 0.3) is 11.0 Å². The van der Waals surface area contributed by atoms with Crippen LogP contribution >= 0.6 is 11.6 Å². The molecule has 0 fully saturated rings. The molecule has 1 aromatic heterocycles. The van der Waals surface area contributed by atoms with Crippen molar-refractivity contribution in [2.45, 2.75) is 6.10 Å². The normalized spacial score (nSPS) is 12.9. The van der Waals surface area contributed by atoms with Crippen LogP contribution in [0.3, 0.4) is 0 Å². The number of aromatic nitrogens is 2. The maximum Gasteiger partial charge on any atom is 0.276 e. The van der Waals surface area contributed by atoms with Crippen molar-refractivity contribution in [1.82, 2.24) is 9.97 Å². The van der Waals surface area contributed by atoms with Crippen molar-refractivity contribution in [3.05, 3.63) is 79.2 Å². The lowest BCUT2D eigenvalue weighted by Crippen LogP contribution is -2.25. The van der Waals surface area contributed by atoms with Gasteiger partial charge in [0.05, 0.1) is 16.0 Å². The van der Waals surface area contributed by atoms with Crippen LogP contribution in [0.15, 0.2) is 52.4 Å². The number of rotatable bonds is 4. The lowest BCUT2D eigenvalue weighted by atomic mass is 10.0. The number of nitrogens with one attached hydrogen (secondary N) is 1. The summed E-state index contributed by atoms with van der Waals surface area (Å²) in [5, 5.41) is 33.8. The van der Waals surface area contributed by atoms with E-state index in [0.717, 1.165) is 0 Å². The van der Waals surface area contributed by atoms with Crippen molar-refractivity contribution in [3.8, 4) is 0 Å². The number of nitro benzene ring substituents is 1. The molecule has 3 aromatic rings. The van der Waals surface area contributed by atoms with Gasteiger partial charge in [-0.1, -0.05) is 16.8 Å². The highest BCUT2D eigenvalue weighted by molar-refractivity contribution is 6.31. The number of fused-ring (bicyclic) bond motifs is 1. The number of halogens is 1. The number of oxime groups is 1. The van der Waals surface area contributed by atoms with Crippen LogP contribution in [0, 0.1) is 10.1 Å². The summed E-state index contributed by atoms with van der Waals surface area (Å²) in [5.74, 6) is 0. The zero-order chi connectivity index (χ0) is 18.8. The molecule has 0 unspecified atom stereocenters. The van der Waals surface area contributed by atoms with E-state index >= 15 is 0 Å². The molecule has 2 aromatic carbocycles. The van der Waals surface area contributed by atoms with Crippen LogP contribution in [-0.2, 0) is 0 Å². The lowest BCUT2D eigenvalue weighted by Gasteiger charge is -2.12. The van der Waals surface area contributed by atoms with Gasteiger partial charge in [0.25, 0.3) is 11.2 Å². The molecule has 9 nitrogen and oxygen atoms in total. The quantitative estimate of drug-likeness (QED) is 0.277. The molecule has 3 N–H and O–H groups in total. The van der Waals surface area contributed by atoms with E-state index in [4.69, 9.17) is 11.6 Å². The van der Waals surface area contributed by atoms with Crippen molar-refractivity contribution in [2.24, 2.45) is 5.16 Å². The first-order valence-corrected chi connectivity index (χ1v) is 7.63. The Hall–Kier alpha value is -3.30. The summed E-state index contributed by atoms with van der Waals surface area (Å²) in [6, 6.07) is 9.61. The van der Waals surface area contributed by atoms with Crippen molar-refractivity contribution in [3.63, 3.8) is 0 Å². The Morgan fingerprint density at radius 2 is 1.96 bits per heavy atom. The SMILES string of the molecule is O=c1[nH]c2cc(Cl)ccc2nc1/C(=N/O)[C@@H](O)c1ccc([N+](=O)[O-])cc1. The van der Waals surface area contributed by atoms with Crippen LogP contribution in [-0.4, -0.2) is 30.9 Å². The summed E-state index contributed by atoms with van der Waals surface area (Å²) < 4.78 is 0. The average Bonchev–Trinajstić information content (AvgIpc) is 2.62. The minimum Gasteiger partial charge on any atom is -0.410 e. The van der Waals surface area contributed by atoms with E-state index in [1.807, 2.05) is 0 Å². The standard InChI is InChI=1S/C16H11ClN4O5/c17-9-3-6-11-12(7-9)19-16(23)14(18-11)13(20-24)15(22)8-1-4-10(5-2-8)21(25)26/h1-7,15,22,24H,(H,19,23)/b20-13-/t15-/m0/s1. The number of non-ortho nitro benzene ring substituents is 1. The summed E-state index contributed by atoms with van der Waals surface area (Å²) in [5.41, 5.74) is -0.573. The zero-order valence-corrected chi connectivity index (χ0v) is 13.7. The van der Waals surface area contributed by atoms with Crippen LogP contribution < -0.4 is 5.56 Å². The second kappa shape index (κ2) is 6.90. The molecule has 132 valence electrons. The van der Waals surface area contributed by atoms with E-state index in [9.17, 15) is 25.2 Å². The maximum absolute atomic E-state index is 12.3. The van der Waals surface area contributed by atoms with Gasteiger partial charge in [0.1, 0.15) is 11.8 Å². The van der Waals surface area contributed by atoms with Gasteiger partial charge in [0, 0.05) is 17.2 Å². The zero-order valence-electron chi connectivity index (χ0n) is 13.0. The highest BCUT2D eigenvalue weighted by atomic mass is 35.5. The number of H-pyrrole nitrogens is 1. The molecule has 0 aliphatic heterocycles. The number of aliphatic hydroxyl groups excluding tert-OH is 1. The lowest BCUT2D eigenvalue weighted by molar-refractivity contribution is -0.384. The molecule has 10 heteroatoms. The van der Waals surface area contributed by atoms with E-state index in [0.29, 0.717) is 16.1 Å². The molecular weight excluding hydrogens is 364 g/mol. The number of nitro groups is 1. The van der Waals surface area contributed by atoms with Crippen LogP contribution in [0.4, 0.5) is 5.69 Å². The van der Waals surface area contributed by atoms with Crippen molar-refractivity contribution in [1.29, 1.82) is 0 Å². The average molecular weight is 375 g/mol. The summed E-state index contributed by atoms with van der Waals surface area (Å²) in [6.07, 6.45) is -1.51. The predicted octanol–water partition coefficient (Wildman–Crippen LogP) is 2.40. The van der Waals surface area contributed by atoms with Gasteiger partial charge in [0.15, 0.2) is 5.69 Å². The highest BCUT2D eigenvalue weighted by Crippen LogP contribution is 2.21.